The summed E-state index contributed by atoms with van der Waals surface area (Å²) in [6.45, 7) is 1.57. The predicted octanol–water partition coefficient (Wildman–Crippen LogP) is 9.28. The molecule has 40 heavy (non-hydrogen) atoms. The van der Waals surface area contributed by atoms with E-state index in [4.69, 9.17) is 0 Å². The molecule has 0 atom stereocenters. The third-order valence-corrected chi connectivity index (χ3v) is 9.00. The Morgan fingerprint density at radius 1 is 0.725 bits per heavy atom. The first kappa shape index (κ1) is 26.4. The van der Waals surface area contributed by atoms with Crippen LogP contribution < -0.4 is 0 Å². The zero-order valence-electron chi connectivity index (χ0n) is 22.4. The maximum absolute atomic E-state index is 11.2. The van der Waals surface area contributed by atoms with Crippen molar-refractivity contribution in [3.63, 3.8) is 0 Å². The molecule has 0 amide bonds. The number of benzene rings is 5. The molecule has 0 unspecified atom stereocenters. The molecule has 5 aromatic rings. The molecule has 0 N–H and O–H groups in total. The van der Waals surface area contributed by atoms with E-state index >= 15 is 0 Å². The van der Waals surface area contributed by atoms with Gasteiger partial charge in [0, 0.05) is 15.5 Å². The van der Waals surface area contributed by atoms with Crippen molar-refractivity contribution < 1.29 is 4.79 Å². The van der Waals surface area contributed by atoms with Crippen LogP contribution >= 0.6 is 24.4 Å². The Morgan fingerprint density at radius 2 is 1.27 bits per heavy atom. The number of hydrogen-bond donors (Lipinski definition) is 1. The monoisotopic (exact) mass is 554 g/mol. The van der Waals surface area contributed by atoms with Crippen LogP contribution in [-0.4, -0.2) is 11.5 Å². The second-order valence-corrected chi connectivity index (χ2v) is 11.9. The van der Waals surface area contributed by atoms with Gasteiger partial charge in [0.1, 0.15) is 0 Å². The molecule has 0 saturated heterocycles. The minimum atomic E-state index is -0.374. The van der Waals surface area contributed by atoms with Crippen LogP contribution in [0.15, 0.2) is 137 Å². The van der Waals surface area contributed by atoms with E-state index in [9.17, 15) is 4.79 Å². The maximum atomic E-state index is 11.2. The summed E-state index contributed by atoms with van der Waals surface area (Å²) < 4.78 is 0. The second kappa shape index (κ2) is 11.4. The van der Waals surface area contributed by atoms with Gasteiger partial charge in [-0.15, -0.1) is 24.4 Å². The first-order valence-corrected chi connectivity index (χ1v) is 15.0. The van der Waals surface area contributed by atoms with Crippen LogP contribution in [0.2, 0.25) is 0 Å². The Labute approximate surface area is 246 Å². The lowest BCUT2D eigenvalue weighted by atomic mass is 9.67. The zero-order valence-corrected chi connectivity index (χ0v) is 24.1. The first-order chi connectivity index (χ1) is 19.6. The summed E-state index contributed by atoms with van der Waals surface area (Å²) in [5.41, 5.74) is 9.80. The number of carbonyl (C=O) groups is 1. The molecule has 0 fully saturated rings. The number of ketones is 1. The summed E-state index contributed by atoms with van der Waals surface area (Å²) in [5.74, 6) is 1.06. The van der Waals surface area contributed by atoms with Crippen LogP contribution in [0.3, 0.4) is 0 Å². The van der Waals surface area contributed by atoms with E-state index in [0.29, 0.717) is 0 Å². The van der Waals surface area contributed by atoms with Crippen LogP contribution in [0.5, 0.6) is 0 Å². The summed E-state index contributed by atoms with van der Waals surface area (Å²) in [6, 6.07) is 43.9. The summed E-state index contributed by atoms with van der Waals surface area (Å²) >= 11 is 6.44. The molecule has 0 spiro atoms. The van der Waals surface area contributed by atoms with Gasteiger partial charge in [-0.3, -0.25) is 4.79 Å². The molecule has 3 heteroatoms. The van der Waals surface area contributed by atoms with Crippen LogP contribution in [0.25, 0.3) is 17.2 Å². The third-order valence-electron chi connectivity index (χ3n) is 7.69. The third kappa shape index (κ3) is 4.96. The lowest BCUT2D eigenvalue weighted by Crippen LogP contribution is -2.28. The van der Waals surface area contributed by atoms with Crippen molar-refractivity contribution in [2.75, 3.05) is 5.75 Å². The van der Waals surface area contributed by atoms with E-state index in [1.54, 1.807) is 13.0 Å². The lowest BCUT2D eigenvalue weighted by molar-refractivity contribution is -0.112. The molecule has 0 heterocycles. The molecule has 0 radical (unpaired) electrons. The zero-order chi connectivity index (χ0) is 27.5. The van der Waals surface area contributed by atoms with Crippen molar-refractivity contribution in [2.24, 2.45) is 0 Å². The molecular weight excluding hydrogens is 525 g/mol. The van der Waals surface area contributed by atoms with E-state index in [-0.39, 0.29) is 11.2 Å². The van der Waals surface area contributed by atoms with Crippen molar-refractivity contribution in [2.45, 2.75) is 28.6 Å². The fourth-order valence-corrected chi connectivity index (χ4v) is 6.88. The number of aryl methyl sites for hydroxylation is 1. The van der Waals surface area contributed by atoms with Gasteiger partial charge in [-0.1, -0.05) is 103 Å². The standard InChI is InChI=1S/C37H30OS2/c1-26(38)10-11-27-14-22-32(23-15-27)40-25-24-28-12-16-29(17-13-28)37(30-18-20-31(39)21-19-30)35-8-4-2-6-33(35)34-7-3-5-9-36(34)37/h2-23,39H,24-25H2,1H3/b11-10+. The van der Waals surface area contributed by atoms with Crippen molar-refractivity contribution >= 4 is 36.2 Å². The fourth-order valence-electron chi connectivity index (χ4n) is 5.83. The average Bonchev–Trinajstić information content (AvgIpc) is 3.29. The van der Waals surface area contributed by atoms with Crippen molar-refractivity contribution in [3.05, 3.63) is 161 Å². The van der Waals surface area contributed by atoms with Gasteiger partial charge >= 0.3 is 0 Å². The maximum Gasteiger partial charge on any atom is 0.152 e. The van der Waals surface area contributed by atoms with E-state index in [1.165, 1.54) is 43.8 Å². The number of rotatable bonds is 8. The van der Waals surface area contributed by atoms with Gasteiger partial charge in [0.2, 0.25) is 0 Å². The Bertz CT molecular complexity index is 1630. The van der Waals surface area contributed by atoms with Gasteiger partial charge in [0.05, 0.1) is 5.41 Å². The van der Waals surface area contributed by atoms with Crippen LogP contribution in [0.1, 0.15) is 40.3 Å². The highest BCUT2D eigenvalue weighted by Crippen LogP contribution is 2.55. The molecular formula is C37H30OS2. The largest absolute Gasteiger partial charge is 0.295 e. The van der Waals surface area contributed by atoms with E-state index < -0.39 is 0 Å². The average molecular weight is 555 g/mol. The second-order valence-electron chi connectivity index (χ2n) is 10.2. The highest BCUT2D eigenvalue weighted by molar-refractivity contribution is 7.99. The Balaban J connectivity index is 1.28. The lowest BCUT2D eigenvalue weighted by Gasteiger charge is -2.34. The van der Waals surface area contributed by atoms with Gasteiger partial charge in [-0.05, 0) is 88.2 Å². The number of thioether (sulfide) groups is 1. The topological polar surface area (TPSA) is 17.1 Å². The predicted molar refractivity (Wildman–Crippen MR) is 172 cm³/mol. The molecule has 196 valence electrons. The normalized spacial score (nSPS) is 13.2. The number of thiol groups is 1. The summed E-state index contributed by atoms with van der Waals surface area (Å²) in [6.07, 6.45) is 4.46. The highest BCUT2D eigenvalue weighted by Gasteiger charge is 2.45. The molecule has 0 aromatic heterocycles. The van der Waals surface area contributed by atoms with Gasteiger partial charge in [0.15, 0.2) is 5.78 Å². The van der Waals surface area contributed by atoms with Crippen molar-refractivity contribution in [1.29, 1.82) is 0 Å². The molecule has 0 aliphatic heterocycles. The van der Waals surface area contributed by atoms with Gasteiger partial charge in [-0.25, -0.2) is 0 Å². The molecule has 5 aromatic carbocycles. The Kier molecular flexibility index (Phi) is 7.51. The number of fused-ring (bicyclic) bond motifs is 3. The Morgan fingerprint density at radius 3 is 1.85 bits per heavy atom. The minimum Gasteiger partial charge on any atom is -0.295 e. The summed E-state index contributed by atoms with van der Waals surface area (Å²) in [4.78, 5) is 13.4. The van der Waals surface area contributed by atoms with Crippen molar-refractivity contribution in [1.82, 2.24) is 0 Å². The number of carbonyl (C=O) groups excluding carboxylic acids is 1. The van der Waals surface area contributed by atoms with E-state index in [2.05, 4.69) is 134 Å². The SMILES string of the molecule is CC(=O)/C=C/c1ccc(SCCc2ccc(C3(c4ccc(S)cc4)c4ccccc4-c4ccccc43)cc2)cc1. The molecule has 1 aliphatic carbocycles. The first-order valence-electron chi connectivity index (χ1n) is 13.6. The summed E-state index contributed by atoms with van der Waals surface area (Å²) in [7, 11) is 0. The van der Waals surface area contributed by atoms with Crippen LogP contribution in [0, 0.1) is 0 Å². The minimum absolute atomic E-state index is 0.0623. The van der Waals surface area contributed by atoms with Gasteiger partial charge < -0.3 is 0 Å². The number of allylic oxidation sites excluding steroid dienone is 1. The van der Waals surface area contributed by atoms with Gasteiger partial charge in [-0.2, -0.15) is 0 Å². The molecule has 0 bridgehead atoms. The van der Waals surface area contributed by atoms with Crippen molar-refractivity contribution in [3.8, 4) is 11.1 Å². The van der Waals surface area contributed by atoms with Crippen LogP contribution in [-0.2, 0) is 16.6 Å². The Hall–Kier alpha value is -3.79. The highest BCUT2D eigenvalue weighted by atomic mass is 32.2. The van der Waals surface area contributed by atoms with Gasteiger partial charge in [0.25, 0.3) is 0 Å². The molecule has 1 nitrogen and oxygen atoms in total. The fraction of sp³-hybridized carbons (Fsp3) is 0.108. The van der Waals surface area contributed by atoms with E-state index in [1.807, 2.05) is 17.8 Å². The van der Waals surface area contributed by atoms with E-state index in [0.717, 1.165) is 22.6 Å². The smallest absolute Gasteiger partial charge is 0.152 e. The quantitative estimate of drug-likeness (QED) is 0.115. The molecule has 6 rings (SSSR count). The van der Waals surface area contributed by atoms with Crippen LogP contribution in [0.4, 0.5) is 0 Å². The number of hydrogen-bond acceptors (Lipinski definition) is 3. The summed E-state index contributed by atoms with van der Waals surface area (Å²) in [5, 5.41) is 0. The molecule has 1 aliphatic rings. The molecule has 0 saturated carbocycles.